The fourth-order valence-electron chi connectivity index (χ4n) is 1.70. The number of carbonyl (C=O) groups is 1. The van der Waals surface area contributed by atoms with Crippen LogP contribution in [0, 0.1) is 12.7 Å². The number of nitrogens with one attached hydrogen (secondary N) is 1. The number of ether oxygens (including phenoxy) is 1. The molecule has 0 radical (unpaired) electrons. The Morgan fingerprint density at radius 2 is 2.10 bits per heavy atom. The van der Waals surface area contributed by atoms with E-state index in [-0.39, 0.29) is 18.3 Å². The van der Waals surface area contributed by atoms with E-state index in [1.165, 1.54) is 18.2 Å². The largest absolute Gasteiger partial charge is 0.483 e. The number of carbonyl (C=O) groups excluding carboxylic acids is 1. The minimum Gasteiger partial charge on any atom is -0.483 e. The van der Waals surface area contributed by atoms with Crippen LogP contribution in [0.5, 0.6) is 5.75 Å². The van der Waals surface area contributed by atoms with Gasteiger partial charge in [0.05, 0.1) is 4.47 Å². The number of aryl methyl sites for hydroxylation is 1. The van der Waals surface area contributed by atoms with Crippen LogP contribution in [-0.4, -0.2) is 12.5 Å². The molecular formula is C15H14BrFN2O2. The van der Waals surface area contributed by atoms with E-state index >= 15 is 0 Å². The van der Waals surface area contributed by atoms with Gasteiger partial charge in [-0.15, -0.1) is 0 Å². The van der Waals surface area contributed by atoms with Crippen molar-refractivity contribution >= 4 is 33.2 Å². The van der Waals surface area contributed by atoms with E-state index in [0.29, 0.717) is 21.6 Å². The summed E-state index contributed by atoms with van der Waals surface area (Å²) in [5.41, 5.74) is 7.79. The van der Waals surface area contributed by atoms with Gasteiger partial charge >= 0.3 is 0 Å². The van der Waals surface area contributed by atoms with Crippen molar-refractivity contribution in [3.05, 3.63) is 52.3 Å². The molecule has 0 fully saturated rings. The summed E-state index contributed by atoms with van der Waals surface area (Å²) in [5, 5.41) is 2.72. The molecule has 0 heterocycles. The van der Waals surface area contributed by atoms with Gasteiger partial charge < -0.3 is 15.8 Å². The van der Waals surface area contributed by atoms with Crippen molar-refractivity contribution in [3.63, 3.8) is 0 Å². The molecule has 2 rings (SSSR count). The van der Waals surface area contributed by atoms with Crippen molar-refractivity contribution in [2.75, 3.05) is 17.7 Å². The molecule has 0 spiro atoms. The predicted octanol–water partition coefficient (Wildman–Crippen LogP) is 3.50. The quantitative estimate of drug-likeness (QED) is 0.827. The van der Waals surface area contributed by atoms with Crippen LogP contribution in [0.3, 0.4) is 0 Å². The number of halogens is 2. The molecule has 0 unspecified atom stereocenters. The number of nitrogens with two attached hydrogens (primary N) is 1. The van der Waals surface area contributed by atoms with Crippen LogP contribution in [0.1, 0.15) is 5.56 Å². The SMILES string of the molecule is Cc1ccc(N)cc1NC(=O)COc1ccc(F)cc1Br. The van der Waals surface area contributed by atoms with Crippen LogP contribution in [-0.2, 0) is 4.79 Å². The molecule has 21 heavy (non-hydrogen) atoms. The summed E-state index contributed by atoms with van der Waals surface area (Å²) in [6.07, 6.45) is 0. The summed E-state index contributed by atoms with van der Waals surface area (Å²) in [5.74, 6) is -0.301. The van der Waals surface area contributed by atoms with Crippen molar-refractivity contribution < 1.29 is 13.9 Å². The highest BCUT2D eigenvalue weighted by Gasteiger charge is 2.08. The second-order valence-electron chi connectivity index (χ2n) is 4.49. The second-order valence-corrected chi connectivity index (χ2v) is 5.34. The Morgan fingerprint density at radius 3 is 2.81 bits per heavy atom. The van der Waals surface area contributed by atoms with Gasteiger partial charge in [-0.2, -0.15) is 0 Å². The van der Waals surface area contributed by atoms with E-state index in [0.717, 1.165) is 5.56 Å². The van der Waals surface area contributed by atoms with Crippen molar-refractivity contribution in [2.24, 2.45) is 0 Å². The van der Waals surface area contributed by atoms with Crippen LogP contribution >= 0.6 is 15.9 Å². The van der Waals surface area contributed by atoms with Crippen LogP contribution in [0.4, 0.5) is 15.8 Å². The van der Waals surface area contributed by atoms with Gasteiger partial charge in [0, 0.05) is 11.4 Å². The van der Waals surface area contributed by atoms with Gasteiger partial charge in [0.15, 0.2) is 6.61 Å². The normalized spacial score (nSPS) is 10.2. The molecule has 6 heteroatoms. The van der Waals surface area contributed by atoms with E-state index in [4.69, 9.17) is 10.5 Å². The molecule has 110 valence electrons. The number of rotatable bonds is 4. The van der Waals surface area contributed by atoms with Gasteiger partial charge in [-0.1, -0.05) is 6.07 Å². The molecule has 4 nitrogen and oxygen atoms in total. The van der Waals surface area contributed by atoms with E-state index in [9.17, 15) is 9.18 Å². The predicted molar refractivity (Wildman–Crippen MR) is 83.8 cm³/mol. The van der Waals surface area contributed by atoms with Crippen molar-refractivity contribution in [1.82, 2.24) is 0 Å². The van der Waals surface area contributed by atoms with Crippen molar-refractivity contribution in [2.45, 2.75) is 6.92 Å². The van der Waals surface area contributed by atoms with Gasteiger partial charge in [-0.25, -0.2) is 4.39 Å². The molecule has 0 aliphatic carbocycles. The number of amides is 1. The summed E-state index contributed by atoms with van der Waals surface area (Å²) in [6, 6.07) is 9.26. The highest BCUT2D eigenvalue weighted by molar-refractivity contribution is 9.10. The number of benzene rings is 2. The number of hydrogen-bond acceptors (Lipinski definition) is 3. The summed E-state index contributed by atoms with van der Waals surface area (Å²) >= 11 is 3.17. The summed E-state index contributed by atoms with van der Waals surface area (Å²) < 4.78 is 18.7. The lowest BCUT2D eigenvalue weighted by molar-refractivity contribution is -0.118. The maximum Gasteiger partial charge on any atom is 0.262 e. The molecule has 0 aromatic heterocycles. The minimum atomic E-state index is -0.380. The fourth-order valence-corrected chi connectivity index (χ4v) is 2.16. The molecule has 0 saturated heterocycles. The number of nitrogen functional groups attached to an aromatic ring is 1. The Balaban J connectivity index is 1.97. The lowest BCUT2D eigenvalue weighted by Gasteiger charge is -2.11. The molecule has 0 aliphatic rings. The average molecular weight is 353 g/mol. The Hall–Kier alpha value is -2.08. The third kappa shape index (κ3) is 4.19. The van der Waals surface area contributed by atoms with Crippen LogP contribution < -0.4 is 15.8 Å². The lowest BCUT2D eigenvalue weighted by Crippen LogP contribution is -2.20. The van der Waals surface area contributed by atoms with E-state index in [1.807, 2.05) is 13.0 Å². The molecule has 0 saturated carbocycles. The fraction of sp³-hybridized carbons (Fsp3) is 0.133. The maximum atomic E-state index is 12.9. The lowest BCUT2D eigenvalue weighted by atomic mass is 10.2. The van der Waals surface area contributed by atoms with Gasteiger partial charge in [0.2, 0.25) is 0 Å². The first-order chi connectivity index (χ1) is 9.95. The molecule has 0 aliphatic heterocycles. The molecule has 3 N–H and O–H groups in total. The Morgan fingerprint density at radius 1 is 1.33 bits per heavy atom. The number of hydrogen-bond donors (Lipinski definition) is 2. The van der Waals surface area contributed by atoms with Crippen molar-refractivity contribution in [1.29, 1.82) is 0 Å². The minimum absolute atomic E-state index is 0.182. The first kappa shape index (κ1) is 15.3. The van der Waals surface area contributed by atoms with Gasteiger partial charge in [0.25, 0.3) is 5.91 Å². The monoisotopic (exact) mass is 352 g/mol. The zero-order chi connectivity index (χ0) is 15.4. The van der Waals surface area contributed by atoms with Gasteiger partial charge in [0.1, 0.15) is 11.6 Å². The summed E-state index contributed by atoms with van der Waals surface area (Å²) in [6.45, 7) is 1.69. The Bertz CT molecular complexity index is 677. The molecule has 2 aromatic rings. The van der Waals surface area contributed by atoms with Crippen LogP contribution in [0.25, 0.3) is 0 Å². The topological polar surface area (TPSA) is 64.3 Å². The first-order valence-corrected chi connectivity index (χ1v) is 6.99. The maximum absolute atomic E-state index is 12.9. The highest BCUT2D eigenvalue weighted by atomic mass is 79.9. The third-order valence-electron chi connectivity index (χ3n) is 2.79. The Labute approximate surface area is 130 Å². The smallest absolute Gasteiger partial charge is 0.262 e. The molecule has 0 bridgehead atoms. The van der Waals surface area contributed by atoms with E-state index < -0.39 is 0 Å². The van der Waals surface area contributed by atoms with Gasteiger partial charge in [-0.05, 0) is 58.7 Å². The average Bonchev–Trinajstić information content (AvgIpc) is 2.42. The van der Waals surface area contributed by atoms with Crippen molar-refractivity contribution in [3.8, 4) is 5.75 Å². The zero-order valence-corrected chi connectivity index (χ0v) is 12.9. The van der Waals surface area contributed by atoms with Crippen LogP contribution in [0.15, 0.2) is 40.9 Å². The second kappa shape index (κ2) is 6.58. The molecular weight excluding hydrogens is 339 g/mol. The molecule has 2 aromatic carbocycles. The highest BCUT2D eigenvalue weighted by Crippen LogP contribution is 2.25. The molecule has 0 atom stereocenters. The van der Waals surface area contributed by atoms with Crippen LogP contribution in [0.2, 0.25) is 0 Å². The standard InChI is InChI=1S/C15H14BrFN2O2/c1-9-2-4-11(18)7-13(9)19-15(20)8-21-14-5-3-10(17)6-12(14)16/h2-7H,8,18H2,1H3,(H,19,20). The Kier molecular flexibility index (Phi) is 4.80. The van der Waals surface area contributed by atoms with E-state index in [1.54, 1.807) is 12.1 Å². The van der Waals surface area contributed by atoms with Gasteiger partial charge in [-0.3, -0.25) is 4.79 Å². The summed E-state index contributed by atoms with van der Waals surface area (Å²) in [4.78, 5) is 11.9. The number of anilines is 2. The third-order valence-corrected chi connectivity index (χ3v) is 3.41. The first-order valence-electron chi connectivity index (χ1n) is 6.19. The zero-order valence-electron chi connectivity index (χ0n) is 11.3. The molecule has 1 amide bonds. The summed E-state index contributed by atoms with van der Waals surface area (Å²) in [7, 11) is 0. The van der Waals surface area contributed by atoms with E-state index in [2.05, 4.69) is 21.2 Å².